The molecule has 0 radical (unpaired) electrons. The summed E-state index contributed by atoms with van der Waals surface area (Å²) in [5, 5.41) is 12.0. The molecule has 1 aliphatic carbocycles. The SMILES string of the molecule is C=C/C=C\C1=C(C)c2ccc(-c3cccc4c3oc3c4c4ccccc4c4c3c3c5ccccc5c5ccccc5c3n4-c3ccccc3)cc2C1(C)C. The summed E-state index contributed by atoms with van der Waals surface area (Å²) in [5.41, 5.74) is 12.8. The van der Waals surface area contributed by atoms with Crippen LogP contribution in [0.15, 0.2) is 174 Å². The van der Waals surface area contributed by atoms with Gasteiger partial charge in [0.15, 0.2) is 0 Å². The number of rotatable bonds is 4. The Kier molecular flexibility index (Phi) is 6.41. The second-order valence-corrected chi connectivity index (χ2v) is 15.3. The zero-order chi connectivity index (χ0) is 36.3. The van der Waals surface area contributed by atoms with Crippen LogP contribution in [0, 0.1) is 0 Å². The maximum atomic E-state index is 7.40. The van der Waals surface area contributed by atoms with E-state index in [0.717, 1.165) is 44.1 Å². The lowest BCUT2D eigenvalue weighted by Crippen LogP contribution is -2.16. The molecule has 2 heterocycles. The highest BCUT2D eigenvalue weighted by Gasteiger charge is 2.35. The number of benzene rings is 8. The maximum absolute atomic E-state index is 7.40. The van der Waals surface area contributed by atoms with Crippen molar-refractivity contribution in [3.05, 3.63) is 181 Å². The van der Waals surface area contributed by atoms with Gasteiger partial charge >= 0.3 is 0 Å². The number of fused-ring (bicyclic) bond motifs is 16. The van der Waals surface area contributed by atoms with E-state index in [0.29, 0.717) is 0 Å². The summed E-state index contributed by atoms with van der Waals surface area (Å²) in [6.45, 7) is 10.8. The number of allylic oxidation sites excluding steroid dienone is 5. The molecule has 54 heavy (non-hydrogen) atoms. The fourth-order valence-corrected chi connectivity index (χ4v) is 9.77. The van der Waals surface area contributed by atoms with E-state index in [2.05, 4.69) is 178 Å². The Morgan fingerprint density at radius 2 is 1.15 bits per heavy atom. The molecule has 2 aromatic heterocycles. The van der Waals surface area contributed by atoms with Crippen molar-refractivity contribution in [2.75, 3.05) is 0 Å². The minimum Gasteiger partial charge on any atom is -0.455 e. The minimum atomic E-state index is -0.137. The molecule has 0 unspecified atom stereocenters. The van der Waals surface area contributed by atoms with Gasteiger partial charge in [0.1, 0.15) is 11.2 Å². The van der Waals surface area contributed by atoms with Crippen LogP contribution in [0.1, 0.15) is 31.9 Å². The molecule has 0 fully saturated rings. The van der Waals surface area contributed by atoms with E-state index in [4.69, 9.17) is 4.42 Å². The Morgan fingerprint density at radius 3 is 1.87 bits per heavy atom. The molecule has 256 valence electrons. The van der Waals surface area contributed by atoms with Crippen molar-refractivity contribution in [2.24, 2.45) is 0 Å². The first-order valence-corrected chi connectivity index (χ1v) is 18.8. The molecule has 8 aromatic carbocycles. The molecule has 0 amide bonds. The lowest BCUT2D eigenvalue weighted by atomic mass is 9.80. The first-order chi connectivity index (χ1) is 26.5. The standard InChI is InChI=1S/C52H37NO/c1-5-6-27-43-31(2)34-29-28-32(30-44(34)52(43,3)4)35-25-16-26-42-45-39-22-13-15-24-41(39)49-47(51(45)54-50(35)42)46-38-21-12-10-19-36(38)37-20-11-14-23-40(37)48(46)53(49)33-17-8-7-9-18-33/h5-30H,1H2,2-4H3/b27-6-. The van der Waals surface area contributed by atoms with Gasteiger partial charge in [0.25, 0.3) is 0 Å². The van der Waals surface area contributed by atoms with Crippen molar-refractivity contribution < 1.29 is 4.42 Å². The summed E-state index contributed by atoms with van der Waals surface area (Å²) >= 11 is 0. The normalized spacial score (nSPS) is 14.3. The Hall–Kier alpha value is -6.64. The molecule has 10 aromatic rings. The van der Waals surface area contributed by atoms with Crippen molar-refractivity contribution in [3.8, 4) is 16.8 Å². The summed E-state index contributed by atoms with van der Waals surface area (Å²) in [5.74, 6) is 0. The largest absolute Gasteiger partial charge is 0.455 e. The molecule has 0 saturated heterocycles. The predicted molar refractivity (Wildman–Crippen MR) is 231 cm³/mol. The molecule has 0 aliphatic heterocycles. The summed E-state index contributed by atoms with van der Waals surface area (Å²) in [6.07, 6.45) is 6.13. The van der Waals surface area contributed by atoms with Crippen LogP contribution in [0.3, 0.4) is 0 Å². The van der Waals surface area contributed by atoms with Gasteiger partial charge in [-0.05, 0) is 74.5 Å². The van der Waals surface area contributed by atoms with Crippen molar-refractivity contribution >= 4 is 81.6 Å². The first-order valence-electron chi connectivity index (χ1n) is 18.8. The van der Waals surface area contributed by atoms with Gasteiger partial charge in [0, 0.05) is 43.6 Å². The molecule has 0 bridgehead atoms. The molecule has 0 saturated carbocycles. The fourth-order valence-electron chi connectivity index (χ4n) is 9.77. The van der Waals surface area contributed by atoms with Crippen molar-refractivity contribution in [1.29, 1.82) is 0 Å². The maximum Gasteiger partial charge on any atom is 0.146 e. The van der Waals surface area contributed by atoms with Gasteiger partial charge in [-0.1, -0.05) is 160 Å². The quantitative estimate of drug-likeness (QED) is 0.133. The zero-order valence-electron chi connectivity index (χ0n) is 30.6. The highest BCUT2D eigenvalue weighted by atomic mass is 16.3. The number of furan rings is 1. The smallest absolute Gasteiger partial charge is 0.146 e. The topological polar surface area (TPSA) is 18.1 Å². The lowest BCUT2D eigenvalue weighted by Gasteiger charge is -2.23. The first kappa shape index (κ1) is 30.9. The third kappa shape index (κ3) is 4.00. The Bertz CT molecular complexity index is 3310. The van der Waals surface area contributed by atoms with E-state index in [-0.39, 0.29) is 5.41 Å². The van der Waals surface area contributed by atoms with Gasteiger partial charge in [-0.15, -0.1) is 0 Å². The van der Waals surface area contributed by atoms with Gasteiger partial charge in [0.2, 0.25) is 0 Å². The average Bonchev–Trinajstić information content (AvgIpc) is 3.84. The van der Waals surface area contributed by atoms with Crippen LogP contribution in [-0.2, 0) is 5.41 Å². The lowest BCUT2D eigenvalue weighted by molar-refractivity contribution is 0.654. The number of nitrogens with zero attached hydrogens (tertiary/aromatic N) is 1. The number of para-hydroxylation sites is 2. The Balaban J connectivity index is 1.32. The second-order valence-electron chi connectivity index (χ2n) is 15.3. The van der Waals surface area contributed by atoms with E-state index in [1.165, 1.54) is 71.0 Å². The monoisotopic (exact) mass is 691 g/mol. The number of hydrogen-bond donors (Lipinski definition) is 0. The van der Waals surface area contributed by atoms with E-state index >= 15 is 0 Å². The highest BCUT2D eigenvalue weighted by Crippen LogP contribution is 2.52. The summed E-state index contributed by atoms with van der Waals surface area (Å²) in [6, 6.07) is 51.1. The molecule has 0 N–H and O–H groups in total. The molecule has 0 spiro atoms. The zero-order valence-corrected chi connectivity index (χ0v) is 30.6. The van der Waals surface area contributed by atoms with Crippen molar-refractivity contribution in [3.63, 3.8) is 0 Å². The van der Waals surface area contributed by atoms with Crippen LogP contribution in [-0.4, -0.2) is 4.57 Å². The number of hydrogen-bond acceptors (Lipinski definition) is 1. The molecule has 1 aliphatic rings. The molecular formula is C52H37NO. The third-order valence-electron chi connectivity index (χ3n) is 12.1. The van der Waals surface area contributed by atoms with Gasteiger partial charge in [-0.3, -0.25) is 0 Å². The van der Waals surface area contributed by atoms with Crippen molar-refractivity contribution in [1.82, 2.24) is 4.57 Å². The van der Waals surface area contributed by atoms with Gasteiger partial charge in [0.05, 0.1) is 16.4 Å². The van der Waals surface area contributed by atoms with Crippen LogP contribution < -0.4 is 0 Å². The van der Waals surface area contributed by atoms with Crippen LogP contribution in [0.2, 0.25) is 0 Å². The molecule has 11 rings (SSSR count). The van der Waals surface area contributed by atoms with Gasteiger partial charge < -0.3 is 8.98 Å². The van der Waals surface area contributed by atoms with Crippen LogP contribution in [0.25, 0.3) is 98.4 Å². The van der Waals surface area contributed by atoms with Gasteiger partial charge in [-0.2, -0.15) is 0 Å². The second kappa shape index (κ2) is 11.2. The van der Waals surface area contributed by atoms with E-state index in [1.54, 1.807) is 0 Å². The minimum absolute atomic E-state index is 0.137. The molecule has 2 heteroatoms. The summed E-state index contributed by atoms with van der Waals surface area (Å²) < 4.78 is 9.89. The van der Waals surface area contributed by atoms with Crippen LogP contribution in [0.4, 0.5) is 0 Å². The molecular weight excluding hydrogens is 655 g/mol. The number of aromatic nitrogens is 1. The molecule has 0 atom stereocenters. The van der Waals surface area contributed by atoms with Gasteiger partial charge in [-0.25, -0.2) is 0 Å². The van der Waals surface area contributed by atoms with Crippen LogP contribution >= 0.6 is 0 Å². The van der Waals surface area contributed by atoms with Crippen LogP contribution in [0.5, 0.6) is 0 Å². The van der Waals surface area contributed by atoms with E-state index < -0.39 is 0 Å². The fraction of sp³-hybridized carbons (Fsp3) is 0.0769. The predicted octanol–water partition coefficient (Wildman–Crippen LogP) is 14.6. The van der Waals surface area contributed by atoms with E-state index in [1.807, 2.05) is 12.2 Å². The van der Waals surface area contributed by atoms with E-state index in [9.17, 15) is 0 Å². The summed E-state index contributed by atoms with van der Waals surface area (Å²) in [7, 11) is 0. The highest BCUT2D eigenvalue weighted by molar-refractivity contribution is 6.41. The third-order valence-corrected chi connectivity index (χ3v) is 12.1. The molecule has 2 nitrogen and oxygen atoms in total. The van der Waals surface area contributed by atoms with Crippen molar-refractivity contribution in [2.45, 2.75) is 26.2 Å². The Morgan fingerprint density at radius 1 is 0.556 bits per heavy atom. The summed E-state index contributed by atoms with van der Waals surface area (Å²) in [4.78, 5) is 0. The Labute approximate surface area is 313 Å². The average molecular weight is 692 g/mol.